The molecular formula is C22H19ClN4O3S. The summed E-state index contributed by atoms with van der Waals surface area (Å²) >= 11 is 7.59. The first-order valence-electron chi connectivity index (χ1n) is 9.62. The van der Waals surface area contributed by atoms with Crippen LogP contribution in [0.1, 0.15) is 39.2 Å². The van der Waals surface area contributed by atoms with Crippen molar-refractivity contribution in [2.45, 2.75) is 26.2 Å². The lowest BCUT2D eigenvalue weighted by Gasteiger charge is -2.27. The van der Waals surface area contributed by atoms with E-state index in [0.29, 0.717) is 22.8 Å². The maximum Gasteiger partial charge on any atom is 0.257 e. The van der Waals surface area contributed by atoms with Gasteiger partial charge in [-0.15, -0.1) is 11.3 Å². The van der Waals surface area contributed by atoms with E-state index in [1.165, 1.54) is 16.3 Å². The largest absolute Gasteiger partial charge is 0.298 e. The van der Waals surface area contributed by atoms with Gasteiger partial charge in [0.2, 0.25) is 11.8 Å². The molecule has 0 atom stereocenters. The number of halogens is 1. The molecular weight excluding hydrogens is 436 g/mol. The van der Waals surface area contributed by atoms with Crippen LogP contribution in [0.2, 0.25) is 5.02 Å². The highest BCUT2D eigenvalue weighted by atomic mass is 35.5. The zero-order chi connectivity index (χ0) is 22.0. The van der Waals surface area contributed by atoms with Crippen LogP contribution in [0.4, 0.5) is 10.8 Å². The number of amides is 3. The molecule has 4 rings (SSSR count). The second-order valence-electron chi connectivity index (χ2n) is 7.16. The van der Waals surface area contributed by atoms with E-state index in [-0.39, 0.29) is 30.6 Å². The molecule has 0 spiro atoms. The van der Waals surface area contributed by atoms with Gasteiger partial charge in [-0.25, -0.2) is 9.99 Å². The molecule has 3 aromatic rings. The highest BCUT2D eigenvalue weighted by molar-refractivity contribution is 7.15. The molecule has 31 heavy (non-hydrogen) atoms. The molecule has 7 nitrogen and oxygen atoms in total. The van der Waals surface area contributed by atoms with Crippen LogP contribution in [0.3, 0.4) is 0 Å². The normalized spacial score (nSPS) is 13.8. The van der Waals surface area contributed by atoms with Crippen molar-refractivity contribution in [1.29, 1.82) is 0 Å². The minimum absolute atomic E-state index is 0.162. The van der Waals surface area contributed by atoms with Crippen LogP contribution in [0.25, 0.3) is 0 Å². The Hall–Kier alpha value is -3.23. The van der Waals surface area contributed by atoms with Crippen molar-refractivity contribution < 1.29 is 14.4 Å². The summed E-state index contributed by atoms with van der Waals surface area (Å²) in [6.45, 7) is 1.96. The third-order valence-corrected chi connectivity index (χ3v) is 6.15. The Morgan fingerprint density at radius 3 is 2.71 bits per heavy atom. The fourth-order valence-electron chi connectivity index (χ4n) is 3.11. The molecule has 0 aliphatic carbocycles. The summed E-state index contributed by atoms with van der Waals surface area (Å²) < 4.78 is 0. The zero-order valence-electron chi connectivity index (χ0n) is 16.6. The minimum atomic E-state index is -0.306. The number of hydrogen-bond acceptors (Lipinski definition) is 5. The number of rotatable bonds is 5. The predicted octanol–water partition coefficient (Wildman–Crippen LogP) is 4.11. The van der Waals surface area contributed by atoms with Gasteiger partial charge >= 0.3 is 0 Å². The summed E-state index contributed by atoms with van der Waals surface area (Å²) in [7, 11) is 0. The van der Waals surface area contributed by atoms with Crippen molar-refractivity contribution in [2.75, 3.05) is 10.3 Å². The molecule has 3 amide bonds. The summed E-state index contributed by atoms with van der Waals surface area (Å²) in [6, 6.07) is 12.4. The van der Waals surface area contributed by atoms with Gasteiger partial charge in [-0.05, 0) is 48.4 Å². The fraction of sp³-hybridized carbons (Fsp3) is 0.182. The number of aromatic nitrogens is 1. The Bertz CT molecular complexity index is 1160. The average Bonchev–Trinajstić information content (AvgIpc) is 3.19. The molecule has 1 aliphatic rings. The van der Waals surface area contributed by atoms with Crippen LogP contribution in [-0.4, -0.2) is 22.7 Å². The van der Waals surface area contributed by atoms with Crippen LogP contribution < -0.4 is 15.8 Å². The molecule has 2 heterocycles. The van der Waals surface area contributed by atoms with Gasteiger partial charge in [0, 0.05) is 40.9 Å². The van der Waals surface area contributed by atoms with Gasteiger partial charge in [0.25, 0.3) is 5.91 Å². The van der Waals surface area contributed by atoms with Crippen molar-refractivity contribution in [3.8, 4) is 0 Å². The summed E-state index contributed by atoms with van der Waals surface area (Å²) in [5.41, 5.74) is 5.55. The number of hydrogen-bond donors (Lipinski definition) is 2. The van der Waals surface area contributed by atoms with E-state index in [2.05, 4.69) is 15.7 Å². The summed E-state index contributed by atoms with van der Waals surface area (Å²) in [6.07, 6.45) is 2.76. The summed E-state index contributed by atoms with van der Waals surface area (Å²) in [5, 5.41) is 5.23. The first-order valence-corrected chi connectivity index (χ1v) is 10.8. The monoisotopic (exact) mass is 454 g/mol. The lowest BCUT2D eigenvalue weighted by molar-refractivity contribution is -0.130. The van der Waals surface area contributed by atoms with Gasteiger partial charge in [0.05, 0.1) is 5.69 Å². The van der Waals surface area contributed by atoms with Crippen molar-refractivity contribution >= 4 is 51.5 Å². The molecule has 1 saturated heterocycles. The van der Waals surface area contributed by atoms with Crippen molar-refractivity contribution in [1.82, 2.24) is 10.4 Å². The number of aryl methyl sites for hydroxylation is 1. The predicted molar refractivity (Wildman–Crippen MR) is 120 cm³/mol. The van der Waals surface area contributed by atoms with E-state index in [1.54, 1.807) is 30.5 Å². The van der Waals surface area contributed by atoms with Crippen LogP contribution in [0, 0.1) is 6.92 Å². The van der Waals surface area contributed by atoms with Gasteiger partial charge in [-0.2, -0.15) is 0 Å². The average molecular weight is 455 g/mol. The lowest BCUT2D eigenvalue weighted by Crippen LogP contribution is -2.50. The van der Waals surface area contributed by atoms with Crippen LogP contribution in [0.5, 0.6) is 0 Å². The van der Waals surface area contributed by atoms with Gasteiger partial charge in [-0.1, -0.05) is 23.7 Å². The Morgan fingerprint density at radius 2 is 1.97 bits per heavy atom. The maximum absolute atomic E-state index is 12.6. The Morgan fingerprint density at radius 1 is 1.19 bits per heavy atom. The standard InChI is InChI=1S/C22H19ClN4O3S/c1-13-2-3-14(11-18(13)23)10-17-12-24-22(31-17)25-21(30)15-4-6-16(7-5-15)27-20(29)9-8-19(28)26-27/h2-7,11-12H,8-10H2,1H3,(H,26,28)(H,24,25,30). The second kappa shape index (κ2) is 8.87. The molecule has 9 heteroatoms. The van der Waals surface area contributed by atoms with E-state index in [4.69, 9.17) is 11.6 Å². The van der Waals surface area contributed by atoms with Crippen molar-refractivity contribution in [2.24, 2.45) is 0 Å². The Kier molecular flexibility index (Phi) is 6.01. The minimum Gasteiger partial charge on any atom is -0.298 e. The first-order chi connectivity index (χ1) is 14.9. The quantitative estimate of drug-likeness (QED) is 0.607. The number of benzene rings is 2. The molecule has 0 saturated carbocycles. The molecule has 1 fully saturated rings. The SMILES string of the molecule is Cc1ccc(Cc2cnc(NC(=O)c3ccc(N4NC(=O)CCC4=O)cc3)s2)cc1Cl. The highest BCUT2D eigenvalue weighted by Gasteiger charge is 2.24. The van der Waals surface area contributed by atoms with E-state index in [9.17, 15) is 14.4 Å². The molecule has 2 N–H and O–H groups in total. The number of nitrogens with zero attached hydrogens (tertiary/aromatic N) is 2. The van der Waals surface area contributed by atoms with Gasteiger partial charge < -0.3 is 0 Å². The third-order valence-electron chi connectivity index (χ3n) is 4.83. The smallest absolute Gasteiger partial charge is 0.257 e. The number of carbonyl (C=O) groups excluding carboxylic acids is 3. The molecule has 0 radical (unpaired) electrons. The Balaban J connectivity index is 1.40. The molecule has 2 aromatic carbocycles. The number of carbonyl (C=O) groups is 3. The summed E-state index contributed by atoms with van der Waals surface area (Å²) in [4.78, 5) is 41.4. The van der Waals surface area contributed by atoms with E-state index >= 15 is 0 Å². The van der Waals surface area contributed by atoms with E-state index < -0.39 is 0 Å². The van der Waals surface area contributed by atoms with Gasteiger partial charge in [0.15, 0.2) is 5.13 Å². The number of nitrogens with one attached hydrogen (secondary N) is 2. The second-order valence-corrected chi connectivity index (χ2v) is 8.68. The van der Waals surface area contributed by atoms with Crippen molar-refractivity contribution in [3.63, 3.8) is 0 Å². The number of thiazole rings is 1. The lowest BCUT2D eigenvalue weighted by atomic mass is 10.1. The number of hydrazine groups is 1. The van der Waals surface area contributed by atoms with E-state index in [1.807, 2.05) is 25.1 Å². The van der Waals surface area contributed by atoms with Crippen LogP contribution in [-0.2, 0) is 16.0 Å². The van der Waals surface area contributed by atoms with Crippen LogP contribution >= 0.6 is 22.9 Å². The Labute approximate surface area is 188 Å². The maximum atomic E-state index is 12.6. The molecule has 0 unspecified atom stereocenters. The summed E-state index contributed by atoms with van der Waals surface area (Å²) in [5.74, 6) is -0.712. The molecule has 1 aromatic heterocycles. The van der Waals surface area contributed by atoms with Crippen LogP contribution in [0.15, 0.2) is 48.7 Å². The zero-order valence-corrected chi connectivity index (χ0v) is 18.2. The third kappa shape index (κ3) is 4.92. The van der Waals surface area contributed by atoms with E-state index in [0.717, 1.165) is 21.0 Å². The fourth-order valence-corrected chi connectivity index (χ4v) is 4.15. The van der Waals surface area contributed by atoms with Gasteiger partial charge in [0.1, 0.15) is 0 Å². The molecule has 0 bridgehead atoms. The topological polar surface area (TPSA) is 91.4 Å². The molecule has 1 aliphatic heterocycles. The molecule has 158 valence electrons. The first kappa shape index (κ1) is 21.0. The van der Waals surface area contributed by atoms with Gasteiger partial charge in [-0.3, -0.25) is 25.1 Å². The highest BCUT2D eigenvalue weighted by Crippen LogP contribution is 2.25. The van der Waals surface area contributed by atoms with Crippen molar-refractivity contribution in [3.05, 3.63) is 75.3 Å². The number of anilines is 2.